The molecule has 0 unspecified atom stereocenters. The maximum atomic E-state index is 8.75. The summed E-state index contributed by atoms with van der Waals surface area (Å²) in [4.78, 5) is 24.9. The number of halogens is 1. The van der Waals surface area contributed by atoms with Crippen LogP contribution in [-0.2, 0) is 0 Å². The third-order valence-corrected chi connectivity index (χ3v) is 7.00. The first-order chi connectivity index (χ1) is 21.6. The number of nitrogens with one attached hydrogen (secondary N) is 3. The fourth-order valence-electron chi connectivity index (χ4n) is 4.25. The normalized spacial score (nSPS) is 10.3. The van der Waals surface area contributed by atoms with Gasteiger partial charge in [-0.2, -0.15) is 15.6 Å². The van der Waals surface area contributed by atoms with Crippen molar-refractivity contribution in [2.75, 3.05) is 10.6 Å². The van der Waals surface area contributed by atoms with Crippen LogP contribution in [0.4, 0.5) is 23.3 Å². The summed E-state index contributed by atoms with van der Waals surface area (Å²) in [5, 5.41) is 34.7. The summed E-state index contributed by atoms with van der Waals surface area (Å²) in [6.45, 7) is 0. The van der Waals surface area contributed by atoms with Crippen molar-refractivity contribution in [3.05, 3.63) is 114 Å². The van der Waals surface area contributed by atoms with E-state index in [4.69, 9.17) is 10.5 Å². The van der Waals surface area contributed by atoms with Crippen LogP contribution in [0.15, 0.2) is 102 Å². The summed E-state index contributed by atoms with van der Waals surface area (Å²) in [5.74, 6) is 2.41. The van der Waals surface area contributed by atoms with E-state index in [0.717, 1.165) is 37.3 Å². The number of fused-ring (bicyclic) bond motifs is 2. The third kappa shape index (κ3) is 6.28. The van der Waals surface area contributed by atoms with Gasteiger partial charge in [-0.05, 0) is 35.0 Å². The van der Waals surface area contributed by atoms with Crippen molar-refractivity contribution < 1.29 is 0 Å². The monoisotopic (exact) mass is 638 g/mol. The number of hydrogen-bond acceptors (Lipinski definition) is 11. The minimum Gasteiger partial charge on any atom is -0.324 e. The number of anilines is 4. The Morgan fingerprint density at radius 2 is 1.18 bits per heavy atom. The molecule has 0 aliphatic heterocycles. The quantitative estimate of drug-likeness (QED) is 0.189. The van der Waals surface area contributed by atoms with E-state index in [9.17, 15) is 0 Å². The van der Waals surface area contributed by atoms with Gasteiger partial charge < -0.3 is 10.6 Å². The molecule has 0 saturated carbocycles. The minimum atomic E-state index is 0.274. The predicted molar refractivity (Wildman–Crippen MR) is 169 cm³/mol. The molecule has 0 spiro atoms. The third-order valence-electron chi connectivity index (χ3n) is 6.31. The second-order valence-corrected chi connectivity index (χ2v) is 10.00. The van der Waals surface area contributed by atoms with E-state index in [1.165, 1.54) is 24.8 Å². The summed E-state index contributed by atoms with van der Waals surface area (Å²) >= 11 is 3.49. The average Bonchev–Trinajstić information content (AvgIpc) is 3.61. The van der Waals surface area contributed by atoms with Gasteiger partial charge in [0.05, 0.1) is 30.5 Å². The summed E-state index contributed by atoms with van der Waals surface area (Å²) in [6.07, 6.45) is 11.2. The van der Waals surface area contributed by atoms with Crippen LogP contribution < -0.4 is 10.6 Å². The molecule has 3 N–H and O–H groups in total. The van der Waals surface area contributed by atoms with Crippen molar-refractivity contribution in [3.63, 3.8) is 0 Å². The smallest absolute Gasteiger partial charge is 0.158 e. The maximum absolute atomic E-state index is 8.75. The molecule has 5 heterocycles. The van der Waals surface area contributed by atoms with Crippen LogP contribution in [0.1, 0.15) is 11.4 Å². The van der Waals surface area contributed by atoms with E-state index < -0.39 is 0 Å². The lowest BCUT2D eigenvalue weighted by molar-refractivity contribution is 1.10. The first kappa shape index (κ1) is 27.8. The molecule has 7 rings (SSSR count). The number of nitriles is 2. The zero-order chi connectivity index (χ0) is 30.3. The van der Waals surface area contributed by atoms with Crippen LogP contribution in [-0.4, -0.2) is 40.1 Å². The van der Waals surface area contributed by atoms with E-state index in [1.807, 2.05) is 72.9 Å². The van der Waals surface area contributed by atoms with Crippen molar-refractivity contribution >= 4 is 60.7 Å². The Labute approximate surface area is 258 Å². The molecule has 0 saturated heterocycles. The van der Waals surface area contributed by atoms with Crippen molar-refractivity contribution in [1.82, 2.24) is 40.1 Å². The number of hydrogen-bond donors (Lipinski definition) is 3. The fourth-order valence-corrected chi connectivity index (χ4v) is 4.73. The Kier molecular flexibility index (Phi) is 8.03. The molecule has 210 valence electrons. The molecule has 12 nitrogen and oxygen atoms in total. The van der Waals surface area contributed by atoms with E-state index in [0.29, 0.717) is 23.3 Å². The molecule has 0 atom stereocenters. The molecule has 44 heavy (non-hydrogen) atoms. The molecule has 0 radical (unpaired) electrons. The van der Waals surface area contributed by atoms with E-state index in [2.05, 4.69) is 66.7 Å². The Morgan fingerprint density at radius 3 is 1.73 bits per heavy atom. The van der Waals surface area contributed by atoms with Gasteiger partial charge in [0.15, 0.2) is 11.4 Å². The van der Waals surface area contributed by atoms with Crippen LogP contribution in [0.2, 0.25) is 0 Å². The Balaban J connectivity index is 0.000000159. The Morgan fingerprint density at radius 1 is 0.614 bits per heavy atom. The lowest BCUT2D eigenvalue weighted by atomic mass is 10.0. The van der Waals surface area contributed by atoms with Gasteiger partial charge in [-0.3, -0.25) is 5.10 Å². The first-order valence-electron chi connectivity index (χ1n) is 13.0. The minimum absolute atomic E-state index is 0.274. The van der Waals surface area contributed by atoms with Crippen molar-refractivity contribution in [2.45, 2.75) is 0 Å². The highest BCUT2D eigenvalue weighted by atomic mass is 79.9. The van der Waals surface area contributed by atoms with Crippen LogP contribution in [0.5, 0.6) is 0 Å². The average molecular weight is 639 g/mol. The highest BCUT2D eigenvalue weighted by molar-refractivity contribution is 9.10. The number of aromatic amines is 1. The zero-order valence-corrected chi connectivity index (χ0v) is 24.2. The summed E-state index contributed by atoms with van der Waals surface area (Å²) < 4.78 is 1.01. The van der Waals surface area contributed by atoms with E-state index in [-0.39, 0.29) is 11.4 Å². The Hall–Kier alpha value is -6.31. The van der Waals surface area contributed by atoms with Gasteiger partial charge in [-0.1, -0.05) is 46.3 Å². The topological polar surface area (TPSA) is 178 Å². The summed E-state index contributed by atoms with van der Waals surface area (Å²) in [5.41, 5.74) is 2.55. The van der Waals surface area contributed by atoms with Gasteiger partial charge in [0.1, 0.15) is 35.4 Å². The first-order valence-corrected chi connectivity index (χ1v) is 13.8. The summed E-state index contributed by atoms with van der Waals surface area (Å²) in [6, 6.07) is 21.6. The Bertz CT molecular complexity index is 2150. The second kappa shape index (κ2) is 12.7. The van der Waals surface area contributed by atoms with Crippen molar-refractivity contribution in [2.24, 2.45) is 0 Å². The number of rotatable bonds is 5. The lowest BCUT2D eigenvalue weighted by Crippen LogP contribution is -1.97. The molecule has 7 aromatic rings. The maximum Gasteiger partial charge on any atom is 0.158 e. The largest absolute Gasteiger partial charge is 0.324 e. The van der Waals surface area contributed by atoms with Gasteiger partial charge in [0.25, 0.3) is 0 Å². The van der Waals surface area contributed by atoms with Gasteiger partial charge >= 0.3 is 0 Å². The highest BCUT2D eigenvalue weighted by Gasteiger charge is 2.07. The number of pyridine rings is 2. The lowest BCUT2D eigenvalue weighted by Gasteiger charge is -2.08. The highest BCUT2D eigenvalue weighted by Crippen LogP contribution is 2.28. The molecule has 0 aliphatic carbocycles. The van der Waals surface area contributed by atoms with Crippen LogP contribution in [0.3, 0.4) is 0 Å². The summed E-state index contributed by atoms with van der Waals surface area (Å²) in [7, 11) is 0. The van der Waals surface area contributed by atoms with Gasteiger partial charge in [0.2, 0.25) is 0 Å². The number of nitrogens with zero attached hydrogens (tertiary/aromatic N) is 9. The molecule has 0 bridgehead atoms. The fraction of sp³-hybridized carbons (Fsp3) is 0. The van der Waals surface area contributed by atoms with Crippen LogP contribution >= 0.6 is 15.9 Å². The zero-order valence-electron chi connectivity index (χ0n) is 22.6. The van der Waals surface area contributed by atoms with Gasteiger partial charge in [0, 0.05) is 39.4 Å². The van der Waals surface area contributed by atoms with Crippen LogP contribution in [0.25, 0.3) is 32.8 Å². The van der Waals surface area contributed by atoms with E-state index in [1.54, 1.807) is 12.4 Å². The number of benzene rings is 2. The molecule has 13 heteroatoms. The molecule has 0 aliphatic rings. The second-order valence-electron chi connectivity index (χ2n) is 9.14. The number of H-pyrrole nitrogens is 1. The number of aromatic nitrogens is 8. The van der Waals surface area contributed by atoms with Gasteiger partial charge in [-0.25, -0.2) is 29.9 Å². The molecule has 5 aromatic heterocycles. The molecule has 0 amide bonds. The standard InChI is InChI=1S/C17H11N7.C14H8BrN5/c18-7-12-8-20-17(10-19-12)23-16-6-11-2-1-3-13(14(11)9-21-16)15-4-5-22-24-15;15-12-3-1-2-9-4-13(19-7-11(9)12)20-14-8-17-10(5-16)6-18-14/h1-6,8-10H,(H,22,24)(H,20,21,23);1-4,6-8H,(H,18,19,20). The van der Waals surface area contributed by atoms with Crippen molar-refractivity contribution in [3.8, 4) is 23.4 Å². The molecular weight excluding hydrogens is 620 g/mol. The molecular formula is C31H19BrN12. The van der Waals surface area contributed by atoms with Crippen molar-refractivity contribution in [1.29, 1.82) is 10.5 Å². The molecule has 2 aromatic carbocycles. The van der Waals surface area contributed by atoms with E-state index >= 15 is 0 Å². The SMILES string of the molecule is N#Cc1cnc(Nc2cc3cccc(-c4ccn[nH]4)c3cn2)cn1.N#Cc1cnc(Nc2cc3cccc(Br)c3cn2)cn1. The molecule has 0 fully saturated rings. The predicted octanol–water partition coefficient (Wildman–Crippen LogP) is 6.43. The van der Waals surface area contributed by atoms with Gasteiger partial charge in [-0.15, -0.1) is 0 Å². The van der Waals surface area contributed by atoms with Crippen LogP contribution in [0, 0.1) is 22.7 Å².